The lowest BCUT2D eigenvalue weighted by molar-refractivity contribution is 0.0737. The number of hydrogen-bond donors (Lipinski definition) is 0. The van der Waals surface area contributed by atoms with Gasteiger partial charge in [-0.2, -0.15) is 0 Å². The molecule has 0 radical (unpaired) electrons. The third-order valence-corrected chi connectivity index (χ3v) is 3.69. The lowest BCUT2D eigenvalue weighted by atomic mass is 9.99. The average Bonchev–Trinajstić information content (AvgIpc) is 2.29. The zero-order valence-corrected chi connectivity index (χ0v) is 11.7. The molecule has 0 fully saturated rings. The van der Waals surface area contributed by atoms with Crippen molar-refractivity contribution in [2.45, 2.75) is 26.2 Å². The molecule has 0 N–H and O–H groups in total. The van der Waals surface area contributed by atoms with Crippen LogP contribution in [0.5, 0.6) is 0 Å². The van der Waals surface area contributed by atoms with Crippen LogP contribution in [-0.2, 0) is 6.42 Å². The van der Waals surface area contributed by atoms with Crippen molar-refractivity contribution in [1.82, 2.24) is 4.90 Å². The Morgan fingerprint density at radius 1 is 1.44 bits per heavy atom. The monoisotopic (exact) mass is 329 g/mol. The van der Waals surface area contributed by atoms with Crippen LogP contribution in [0.1, 0.15) is 35.7 Å². The smallest absolute Gasteiger partial charge is 0.254 e. The van der Waals surface area contributed by atoms with Gasteiger partial charge in [-0.25, -0.2) is 0 Å². The summed E-state index contributed by atoms with van der Waals surface area (Å²) < 4.78 is 1.14. The predicted molar refractivity (Wildman–Crippen MR) is 73.7 cm³/mol. The standard InChI is InChI=1S/C13H16INO/c1-2-3-7-15-8-6-10-4-5-11(14)9-12(10)13(15)16/h4-5,9H,2-3,6-8H2,1H3. The molecular weight excluding hydrogens is 313 g/mol. The summed E-state index contributed by atoms with van der Waals surface area (Å²) in [6.07, 6.45) is 3.25. The highest BCUT2D eigenvalue weighted by Crippen LogP contribution is 2.21. The normalized spacial score (nSPS) is 15.1. The fraction of sp³-hybridized carbons (Fsp3) is 0.462. The van der Waals surface area contributed by atoms with Gasteiger partial charge >= 0.3 is 0 Å². The molecule has 0 spiro atoms. The van der Waals surface area contributed by atoms with Gasteiger partial charge in [0.25, 0.3) is 5.91 Å². The molecular formula is C13H16INO. The van der Waals surface area contributed by atoms with Gasteiger partial charge < -0.3 is 4.90 Å². The van der Waals surface area contributed by atoms with E-state index in [1.165, 1.54) is 5.56 Å². The van der Waals surface area contributed by atoms with E-state index in [1.807, 2.05) is 11.0 Å². The van der Waals surface area contributed by atoms with E-state index in [0.29, 0.717) is 0 Å². The molecule has 0 atom stereocenters. The largest absolute Gasteiger partial charge is 0.338 e. The molecule has 2 rings (SSSR count). The molecule has 1 heterocycles. The maximum Gasteiger partial charge on any atom is 0.254 e. The number of carbonyl (C=O) groups excluding carboxylic acids is 1. The lowest BCUT2D eigenvalue weighted by Crippen LogP contribution is -2.38. The molecule has 1 aliphatic rings. The van der Waals surface area contributed by atoms with Crippen LogP contribution in [0.15, 0.2) is 18.2 Å². The Balaban J connectivity index is 2.20. The van der Waals surface area contributed by atoms with Gasteiger partial charge in [-0.3, -0.25) is 4.79 Å². The number of amides is 1. The van der Waals surface area contributed by atoms with Crippen LogP contribution in [0.2, 0.25) is 0 Å². The third-order valence-electron chi connectivity index (χ3n) is 3.02. The summed E-state index contributed by atoms with van der Waals surface area (Å²) in [6.45, 7) is 3.94. The second-order valence-corrected chi connectivity index (χ2v) is 5.44. The van der Waals surface area contributed by atoms with E-state index < -0.39 is 0 Å². The van der Waals surface area contributed by atoms with Crippen LogP contribution in [-0.4, -0.2) is 23.9 Å². The molecule has 0 saturated heterocycles. The van der Waals surface area contributed by atoms with Crippen LogP contribution >= 0.6 is 22.6 Å². The molecule has 0 saturated carbocycles. The van der Waals surface area contributed by atoms with Gasteiger partial charge in [-0.1, -0.05) is 19.4 Å². The van der Waals surface area contributed by atoms with Crippen molar-refractivity contribution in [3.63, 3.8) is 0 Å². The van der Waals surface area contributed by atoms with E-state index in [0.717, 1.165) is 41.5 Å². The maximum atomic E-state index is 12.2. The van der Waals surface area contributed by atoms with Gasteiger partial charge in [0, 0.05) is 22.2 Å². The molecule has 0 unspecified atom stereocenters. The first-order chi connectivity index (χ1) is 7.72. The van der Waals surface area contributed by atoms with Crippen molar-refractivity contribution in [3.8, 4) is 0 Å². The highest BCUT2D eigenvalue weighted by Gasteiger charge is 2.23. The Labute approximate surface area is 110 Å². The molecule has 0 bridgehead atoms. The second-order valence-electron chi connectivity index (χ2n) is 4.20. The number of unbranched alkanes of at least 4 members (excludes halogenated alkanes) is 1. The van der Waals surface area contributed by atoms with Crippen LogP contribution in [0.3, 0.4) is 0 Å². The Hall–Kier alpha value is -0.580. The molecule has 1 aliphatic heterocycles. The number of nitrogens with zero attached hydrogens (tertiary/aromatic N) is 1. The summed E-state index contributed by atoms with van der Waals surface area (Å²) in [5.41, 5.74) is 2.12. The van der Waals surface area contributed by atoms with Gasteiger partial charge in [-0.05, 0) is 53.1 Å². The molecule has 2 nitrogen and oxygen atoms in total. The van der Waals surface area contributed by atoms with E-state index >= 15 is 0 Å². The third kappa shape index (κ3) is 2.39. The zero-order valence-electron chi connectivity index (χ0n) is 9.50. The average molecular weight is 329 g/mol. The van der Waals surface area contributed by atoms with Crippen molar-refractivity contribution >= 4 is 28.5 Å². The van der Waals surface area contributed by atoms with Crippen molar-refractivity contribution in [2.75, 3.05) is 13.1 Å². The van der Waals surface area contributed by atoms with Crippen LogP contribution in [0, 0.1) is 3.57 Å². The first kappa shape index (κ1) is 11.9. The summed E-state index contributed by atoms with van der Waals surface area (Å²) in [4.78, 5) is 14.2. The van der Waals surface area contributed by atoms with Gasteiger partial charge in [0.15, 0.2) is 0 Å². The highest BCUT2D eigenvalue weighted by atomic mass is 127. The van der Waals surface area contributed by atoms with Gasteiger partial charge in [0.1, 0.15) is 0 Å². The number of hydrogen-bond acceptors (Lipinski definition) is 1. The first-order valence-corrected chi connectivity index (χ1v) is 6.88. The van der Waals surface area contributed by atoms with Crippen LogP contribution in [0.25, 0.3) is 0 Å². The summed E-state index contributed by atoms with van der Waals surface area (Å²) in [5.74, 6) is 0.216. The van der Waals surface area contributed by atoms with E-state index in [4.69, 9.17) is 0 Å². The molecule has 16 heavy (non-hydrogen) atoms. The van der Waals surface area contributed by atoms with Crippen molar-refractivity contribution in [2.24, 2.45) is 0 Å². The van der Waals surface area contributed by atoms with E-state index in [9.17, 15) is 4.79 Å². The van der Waals surface area contributed by atoms with Crippen LogP contribution in [0.4, 0.5) is 0 Å². The highest BCUT2D eigenvalue weighted by molar-refractivity contribution is 14.1. The van der Waals surface area contributed by atoms with E-state index in [-0.39, 0.29) is 5.91 Å². The molecule has 1 aromatic carbocycles. The first-order valence-electron chi connectivity index (χ1n) is 5.80. The molecule has 3 heteroatoms. The predicted octanol–water partition coefficient (Wildman–Crippen LogP) is 3.09. The summed E-state index contributed by atoms with van der Waals surface area (Å²) in [5, 5.41) is 0. The van der Waals surface area contributed by atoms with E-state index in [2.05, 4.69) is 41.6 Å². The Morgan fingerprint density at radius 3 is 3.00 bits per heavy atom. The Morgan fingerprint density at radius 2 is 2.25 bits per heavy atom. The molecule has 86 valence electrons. The second kappa shape index (κ2) is 5.17. The van der Waals surface area contributed by atoms with Gasteiger partial charge in [0.05, 0.1) is 0 Å². The minimum absolute atomic E-state index is 0.216. The zero-order chi connectivity index (χ0) is 11.5. The number of benzene rings is 1. The van der Waals surface area contributed by atoms with Gasteiger partial charge in [0.2, 0.25) is 0 Å². The number of rotatable bonds is 3. The lowest BCUT2D eigenvalue weighted by Gasteiger charge is -2.28. The molecule has 1 amide bonds. The minimum Gasteiger partial charge on any atom is -0.338 e. The SMILES string of the molecule is CCCCN1CCc2ccc(I)cc2C1=O. The quantitative estimate of drug-likeness (QED) is 0.781. The maximum absolute atomic E-state index is 12.2. The molecule has 0 aromatic heterocycles. The topological polar surface area (TPSA) is 20.3 Å². The number of fused-ring (bicyclic) bond motifs is 1. The Bertz CT molecular complexity index is 403. The summed E-state index contributed by atoms with van der Waals surface area (Å²) in [7, 11) is 0. The fourth-order valence-corrected chi connectivity index (χ4v) is 2.55. The van der Waals surface area contributed by atoms with Gasteiger partial charge in [-0.15, -0.1) is 0 Å². The fourth-order valence-electron chi connectivity index (χ4n) is 2.06. The summed E-state index contributed by atoms with van der Waals surface area (Å²) >= 11 is 2.26. The number of halogens is 1. The molecule has 1 aromatic rings. The minimum atomic E-state index is 0.216. The number of carbonyl (C=O) groups is 1. The van der Waals surface area contributed by atoms with Crippen LogP contribution < -0.4 is 0 Å². The molecule has 0 aliphatic carbocycles. The van der Waals surface area contributed by atoms with Crippen molar-refractivity contribution in [3.05, 3.63) is 32.9 Å². The van der Waals surface area contributed by atoms with Crippen molar-refractivity contribution < 1.29 is 4.79 Å². The van der Waals surface area contributed by atoms with E-state index in [1.54, 1.807) is 0 Å². The van der Waals surface area contributed by atoms with Crippen molar-refractivity contribution in [1.29, 1.82) is 0 Å². The Kier molecular flexibility index (Phi) is 3.84. The summed E-state index contributed by atoms with van der Waals surface area (Å²) in [6, 6.07) is 6.18.